The van der Waals surface area contributed by atoms with Gasteiger partial charge in [-0.1, -0.05) is 12.1 Å². The van der Waals surface area contributed by atoms with Crippen molar-refractivity contribution < 1.29 is 28.3 Å². The molecule has 0 unspecified atom stereocenters. The van der Waals surface area contributed by atoms with Crippen LogP contribution in [0.15, 0.2) is 23.7 Å². The van der Waals surface area contributed by atoms with E-state index in [0.717, 1.165) is 0 Å². The highest BCUT2D eigenvalue weighted by Gasteiger charge is 2.52. The third kappa shape index (κ3) is 5.26. The number of alkyl carbamates (subject to hydrolysis) is 1. The molecule has 0 aromatic heterocycles. The number of benzene rings is 1. The fourth-order valence-corrected chi connectivity index (χ4v) is 2.54. The van der Waals surface area contributed by atoms with E-state index in [-0.39, 0.29) is 17.9 Å². The second-order valence-electron chi connectivity index (χ2n) is 8.84. The minimum atomic E-state index is -0.820. The number of rotatable bonds is 4. The Hall–Kier alpha value is -2.06. The Kier molecular flexibility index (Phi) is 6.16. The van der Waals surface area contributed by atoms with Crippen LogP contribution in [0.4, 0.5) is 9.18 Å². The Morgan fingerprint density at radius 1 is 1.25 bits per heavy atom. The molecule has 0 bridgehead atoms. The minimum absolute atomic E-state index is 0.000482. The van der Waals surface area contributed by atoms with Crippen molar-refractivity contribution in [1.82, 2.24) is 5.32 Å². The van der Waals surface area contributed by atoms with Gasteiger partial charge in [-0.2, -0.15) is 0 Å². The second-order valence-corrected chi connectivity index (χ2v) is 8.84. The fraction of sp³-hybridized carbons (Fsp3) is 0.550. The van der Waals surface area contributed by atoms with Gasteiger partial charge in [0.1, 0.15) is 17.2 Å². The molecular formula is C20H29BFNO5. The largest absolute Gasteiger partial charge is 0.507 e. The topological polar surface area (TPSA) is 77.0 Å². The van der Waals surface area contributed by atoms with Crippen molar-refractivity contribution >= 4 is 19.3 Å². The Balaban J connectivity index is 2.32. The number of phenolic OH excluding ortho intramolecular Hbond substituents is 1. The lowest BCUT2D eigenvalue weighted by Crippen LogP contribution is -2.41. The number of hydrogen-bond donors (Lipinski definition) is 2. The van der Waals surface area contributed by atoms with E-state index in [2.05, 4.69) is 5.32 Å². The van der Waals surface area contributed by atoms with Crippen molar-refractivity contribution in [2.24, 2.45) is 0 Å². The van der Waals surface area contributed by atoms with Gasteiger partial charge in [-0.3, -0.25) is 0 Å². The van der Waals surface area contributed by atoms with Gasteiger partial charge in [0.05, 0.1) is 16.8 Å². The molecule has 1 saturated heterocycles. The molecule has 1 heterocycles. The summed E-state index contributed by atoms with van der Waals surface area (Å²) in [5.74, 6) is -0.808. The molecule has 1 aliphatic rings. The molecule has 1 aromatic rings. The third-order valence-electron chi connectivity index (χ3n) is 4.75. The maximum Gasteiger partial charge on any atom is 0.492 e. The van der Waals surface area contributed by atoms with Crippen molar-refractivity contribution in [2.75, 3.05) is 6.54 Å². The van der Waals surface area contributed by atoms with Gasteiger partial charge < -0.3 is 24.5 Å². The third-order valence-corrected chi connectivity index (χ3v) is 4.75. The molecule has 0 radical (unpaired) electrons. The van der Waals surface area contributed by atoms with Crippen LogP contribution in [0.1, 0.15) is 54.0 Å². The lowest BCUT2D eigenvalue weighted by atomic mass is 9.77. The van der Waals surface area contributed by atoms with Crippen molar-refractivity contribution in [3.05, 3.63) is 35.1 Å². The van der Waals surface area contributed by atoms with E-state index in [1.54, 1.807) is 20.8 Å². The van der Waals surface area contributed by atoms with Crippen LogP contribution in [0.5, 0.6) is 5.75 Å². The normalized spacial score (nSPS) is 18.9. The minimum Gasteiger partial charge on any atom is -0.507 e. The molecule has 2 rings (SSSR count). The zero-order valence-electron chi connectivity index (χ0n) is 17.6. The number of ether oxygens (including phenoxy) is 1. The highest BCUT2D eigenvalue weighted by atomic mass is 19.1. The van der Waals surface area contributed by atoms with Crippen LogP contribution in [0.3, 0.4) is 0 Å². The van der Waals surface area contributed by atoms with Crippen LogP contribution in [-0.4, -0.2) is 41.7 Å². The van der Waals surface area contributed by atoms with Gasteiger partial charge in [0.25, 0.3) is 0 Å². The summed E-state index contributed by atoms with van der Waals surface area (Å²) in [6.45, 7) is 12.9. The van der Waals surface area contributed by atoms with Gasteiger partial charge in [0, 0.05) is 6.54 Å². The molecule has 1 amide bonds. The Morgan fingerprint density at radius 2 is 1.82 bits per heavy atom. The van der Waals surface area contributed by atoms with E-state index < -0.39 is 35.8 Å². The van der Waals surface area contributed by atoms with Crippen LogP contribution in [0.2, 0.25) is 0 Å². The number of hydrogen-bond acceptors (Lipinski definition) is 5. The average Bonchev–Trinajstić information content (AvgIpc) is 2.72. The summed E-state index contributed by atoms with van der Waals surface area (Å²) in [6.07, 6.45) is 0.817. The van der Waals surface area contributed by atoms with E-state index in [9.17, 15) is 14.3 Å². The molecule has 1 aliphatic heterocycles. The molecule has 28 heavy (non-hydrogen) atoms. The molecule has 1 fully saturated rings. The van der Waals surface area contributed by atoms with Gasteiger partial charge in [0.15, 0.2) is 0 Å². The number of amides is 1. The molecule has 154 valence electrons. The van der Waals surface area contributed by atoms with Crippen molar-refractivity contribution in [3.63, 3.8) is 0 Å². The number of nitrogens with one attached hydrogen (secondary N) is 1. The van der Waals surface area contributed by atoms with Gasteiger partial charge in [-0.15, -0.1) is 0 Å². The average molecular weight is 393 g/mol. The zero-order chi connectivity index (χ0) is 21.3. The van der Waals surface area contributed by atoms with Gasteiger partial charge in [-0.05, 0) is 66.1 Å². The molecule has 6 nitrogen and oxygen atoms in total. The molecule has 2 N–H and O–H groups in total. The van der Waals surface area contributed by atoms with Crippen molar-refractivity contribution in [1.29, 1.82) is 0 Å². The van der Waals surface area contributed by atoms with Crippen LogP contribution in [0.25, 0.3) is 6.08 Å². The van der Waals surface area contributed by atoms with E-state index in [4.69, 9.17) is 14.0 Å². The highest BCUT2D eigenvalue weighted by Crippen LogP contribution is 2.39. The lowest BCUT2D eigenvalue weighted by molar-refractivity contribution is 0.00578. The summed E-state index contributed by atoms with van der Waals surface area (Å²) in [4.78, 5) is 12.1. The van der Waals surface area contributed by atoms with Gasteiger partial charge in [-0.25, -0.2) is 9.18 Å². The second kappa shape index (κ2) is 7.76. The number of phenols is 1. The summed E-state index contributed by atoms with van der Waals surface area (Å²) in [5, 5.41) is 12.7. The van der Waals surface area contributed by atoms with E-state index >= 15 is 0 Å². The Labute approximate surface area is 166 Å². The van der Waals surface area contributed by atoms with Gasteiger partial charge in [0.2, 0.25) is 0 Å². The molecular weight excluding hydrogens is 364 g/mol. The summed E-state index contributed by atoms with van der Waals surface area (Å²) < 4.78 is 31.5. The van der Waals surface area contributed by atoms with Crippen LogP contribution in [0, 0.1) is 5.82 Å². The predicted molar refractivity (Wildman–Crippen MR) is 106 cm³/mol. The van der Waals surface area contributed by atoms with Crippen molar-refractivity contribution in [2.45, 2.75) is 65.3 Å². The first kappa shape index (κ1) is 22.2. The maximum atomic E-state index is 14.2. The van der Waals surface area contributed by atoms with Crippen LogP contribution in [-0.2, 0) is 14.0 Å². The molecule has 1 aromatic carbocycles. The first-order valence-electron chi connectivity index (χ1n) is 9.22. The number of carbonyl (C=O) groups excluding carboxylic acids is 1. The molecule has 0 saturated carbocycles. The van der Waals surface area contributed by atoms with E-state index in [1.807, 2.05) is 27.7 Å². The quantitative estimate of drug-likeness (QED) is 0.755. The molecule has 0 aliphatic carbocycles. The summed E-state index contributed by atoms with van der Waals surface area (Å²) in [7, 11) is -0.820. The van der Waals surface area contributed by atoms with E-state index in [1.165, 1.54) is 24.3 Å². The molecule has 0 spiro atoms. The number of aromatic hydroxyl groups is 1. The van der Waals surface area contributed by atoms with Gasteiger partial charge >= 0.3 is 13.2 Å². The van der Waals surface area contributed by atoms with Crippen molar-refractivity contribution in [3.8, 4) is 5.75 Å². The SMILES string of the molecule is CC(C)(C)OC(=O)NCC(=Cc1c(O)cccc1F)B1OC(C)(C)C(C)(C)O1. The molecule has 0 atom stereocenters. The first-order valence-corrected chi connectivity index (χ1v) is 9.22. The highest BCUT2D eigenvalue weighted by molar-refractivity contribution is 6.56. The fourth-order valence-electron chi connectivity index (χ4n) is 2.54. The summed E-state index contributed by atoms with van der Waals surface area (Å²) in [5.41, 5.74) is -1.43. The van der Waals surface area contributed by atoms with Crippen LogP contribution < -0.4 is 5.32 Å². The number of halogens is 1. The monoisotopic (exact) mass is 393 g/mol. The smallest absolute Gasteiger partial charge is 0.492 e. The first-order chi connectivity index (χ1) is 12.7. The Morgan fingerprint density at radius 3 is 2.32 bits per heavy atom. The predicted octanol–water partition coefficient (Wildman–Crippen LogP) is 4.07. The summed E-state index contributed by atoms with van der Waals surface area (Å²) >= 11 is 0. The zero-order valence-corrected chi connectivity index (χ0v) is 17.6. The van der Waals surface area contributed by atoms with Crippen LogP contribution >= 0.6 is 0 Å². The Bertz CT molecular complexity index is 734. The molecule has 8 heteroatoms. The number of carbonyl (C=O) groups is 1. The lowest BCUT2D eigenvalue weighted by Gasteiger charge is -2.32. The van der Waals surface area contributed by atoms with E-state index in [0.29, 0.717) is 5.47 Å². The summed E-state index contributed by atoms with van der Waals surface area (Å²) in [6, 6.07) is 4.04. The standard InChI is InChI=1S/C20H29BFNO5/c1-18(2,3)26-17(25)23-12-13(11-14-15(22)9-8-10-16(14)24)21-27-19(4,5)20(6,7)28-21/h8-11,24H,12H2,1-7H3,(H,23,25). The maximum absolute atomic E-state index is 14.2.